The van der Waals surface area contributed by atoms with Gasteiger partial charge < -0.3 is 24.8 Å². The van der Waals surface area contributed by atoms with E-state index < -0.39 is 18.6 Å². The predicted octanol–water partition coefficient (Wildman–Crippen LogP) is 3.41. The van der Waals surface area contributed by atoms with Gasteiger partial charge in [-0.2, -0.15) is 0 Å². The van der Waals surface area contributed by atoms with Crippen LogP contribution in [0.2, 0.25) is 0 Å². The van der Waals surface area contributed by atoms with Crippen molar-refractivity contribution in [1.82, 2.24) is 9.88 Å². The minimum atomic E-state index is -1.09. The molecule has 0 fully saturated rings. The molecule has 0 bridgehead atoms. The van der Waals surface area contributed by atoms with Gasteiger partial charge in [-0.25, -0.2) is 4.79 Å². The van der Waals surface area contributed by atoms with Crippen LogP contribution in [-0.2, 0) is 27.3 Å². The number of rotatable bonds is 9. The van der Waals surface area contributed by atoms with Gasteiger partial charge in [0.2, 0.25) is 5.91 Å². The topological polar surface area (TPSA) is 101 Å². The van der Waals surface area contributed by atoms with Crippen LogP contribution in [0.1, 0.15) is 49.1 Å². The van der Waals surface area contributed by atoms with Crippen LogP contribution in [0.3, 0.4) is 0 Å². The largest absolute Gasteiger partial charge is 0.508 e. The number of hydrogen-bond acceptors (Lipinski definition) is 5. The average molecular weight is 453 g/mol. The number of ether oxygens (including phenoxy) is 1. The fourth-order valence-electron chi connectivity index (χ4n) is 4.10. The highest BCUT2D eigenvalue weighted by molar-refractivity contribution is 5.92. The van der Waals surface area contributed by atoms with E-state index in [9.17, 15) is 19.8 Å². The van der Waals surface area contributed by atoms with Crippen molar-refractivity contribution >= 4 is 22.8 Å². The lowest BCUT2D eigenvalue weighted by Gasteiger charge is -2.15. The Morgan fingerprint density at radius 1 is 1.15 bits per heavy atom. The lowest BCUT2D eigenvalue weighted by molar-refractivity contribution is -0.148. The fourth-order valence-corrected chi connectivity index (χ4v) is 4.10. The highest BCUT2D eigenvalue weighted by Crippen LogP contribution is 2.30. The van der Waals surface area contributed by atoms with Crippen molar-refractivity contribution in [3.05, 3.63) is 64.8 Å². The molecule has 0 aliphatic rings. The van der Waals surface area contributed by atoms with Crippen LogP contribution in [0, 0.1) is 6.92 Å². The molecule has 33 heavy (non-hydrogen) atoms. The molecule has 0 radical (unpaired) electrons. The zero-order chi connectivity index (χ0) is 24.1. The quantitative estimate of drug-likeness (QED) is 0.432. The number of esters is 1. The van der Waals surface area contributed by atoms with Crippen LogP contribution in [0.4, 0.5) is 0 Å². The van der Waals surface area contributed by atoms with Gasteiger partial charge >= 0.3 is 5.97 Å². The molecule has 0 spiro atoms. The van der Waals surface area contributed by atoms with Crippen molar-refractivity contribution < 1.29 is 24.5 Å². The van der Waals surface area contributed by atoms with E-state index in [1.807, 2.05) is 57.2 Å². The lowest BCUT2D eigenvalue weighted by atomic mass is 9.99. The molecule has 1 unspecified atom stereocenters. The lowest BCUT2D eigenvalue weighted by Crippen LogP contribution is -2.45. The molecule has 0 aliphatic heterocycles. The van der Waals surface area contributed by atoms with E-state index in [0.29, 0.717) is 12.3 Å². The molecule has 3 N–H and O–H groups in total. The third kappa shape index (κ3) is 5.37. The number of aliphatic hydroxyl groups excluding tert-OH is 1. The van der Waals surface area contributed by atoms with Gasteiger partial charge in [-0.05, 0) is 48.6 Å². The zero-order valence-electron chi connectivity index (χ0n) is 19.6. The number of carbonyl (C=O) groups excluding carboxylic acids is 2. The zero-order valence-corrected chi connectivity index (χ0v) is 19.6. The van der Waals surface area contributed by atoms with Crippen LogP contribution in [0.5, 0.6) is 5.75 Å². The minimum absolute atomic E-state index is 0.0715. The van der Waals surface area contributed by atoms with E-state index >= 15 is 0 Å². The SMILES string of the molecule is CCOC(=O)C(CO)NC(=O)Cc1c(C)n(Cc2ccc(O)c(C(C)C)c2)c2ccccc12. The predicted molar refractivity (Wildman–Crippen MR) is 127 cm³/mol. The van der Waals surface area contributed by atoms with Crippen LogP contribution in [0.15, 0.2) is 42.5 Å². The van der Waals surface area contributed by atoms with Gasteiger partial charge in [0.05, 0.1) is 19.6 Å². The van der Waals surface area contributed by atoms with Gasteiger partial charge in [-0.15, -0.1) is 0 Å². The Morgan fingerprint density at radius 3 is 2.55 bits per heavy atom. The monoisotopic (exact) mass is 452 g/mol. The van der Waals surface area contributed by atoms with E-state index in [2.05, 4.69) is 9.88 Å². The standard InChI is InChI=1S/C26H32N2O5/c1-5-33-26(32)22(15-29)27-25(31)13-21-17(4)28(23-9-7-6-8-19(21)23)14-18-10-11-24(30)20(12-18)16(2)3/h6-12,16,22,29-30H,5,13-15H2,1-4H3,(H,27,31). The average Bonchev–Trinajstić information content (AvgIpc) is 3.04. The van der Waals surface area contributed by atoms with E-state index in [-0.39, 0.29) is 24.9 Å². The Balaban J connectivity index is 1.91. The Hall–Kier alpha value is -3.32. The second-order valence-corrected chi connectivity index (χ2v) is 8.45. The summed E-state index contributed by atoms with van der Waals surface area (Å²) in [7, 11) is 0. The molecule has 1 aromatic heterocycles. The molecule has 3 aromatic rings. The van der Waals surface area contributed by atoms with Crippen molar-refractivity contribution in [3.8, 4) is 5.75 Å². The summed E-state index contributed by atoms with van der Waals surface area (Å²) in [5, 5.41) is 23.2. The molecular weight excluding hydrogens is 420 g/mol. The van der Waals surface area contributed by atoms with E-state index in [0.717, 1.165) is 33.3 Å². The molecule has 0 saturated heterocycles. The van der Waals surface area contributed by atoms with Crippen LogP contribution < -0.4 is 5.32 Å². The number of aromatic nitrogens is 1. The third-order valence-corrected chi connectivity index (χ3v) is 5.84. The molecule has 3 rings (SSSR count). The molecule has 7 nitrogen and oxygen atoms in total. The van der Waals surface area contributed by atoms with Crippen molar-refractivity contribution in [2.45, 2.75) is 52.6 Å². The first-order chi connectivity index (χ1) is 15.8. The second-order valence-electron chi connectivity index (χ2n) is 8.45. The number of carbonyl (C=O) groups is 2. The van der Waals surface area contributed by atoms with Gasteiger partial charge in [-0.1, -0.05) is 44.2 Å². The number of benzene rings is 2. The number of aliphatic hydroxyl groups is 1. The Morgan fingerprint density at radius 2 is 1.88 bits per heavy atom. The molecule has 1 atom stereocenters. The van der Waals surface area contributed by atoms with Gasteiger partial charge in [0.1, 0.15) is 5.75 Å². The number of hydrogen-bond donors (Lipinski definition) is 3. The number of fused-ring (bicyclic) bond motifs is 1. The number of phenolic OH excluding ortho intramolecular Hbond substituents is 1. The van der Waals surface area contributed by atoms with Crippen molar-refractivity contribution in [2.24, 2.45) is 0 Å². The summed E-state index contributed by atoms with van der Waals surface area (Å²) < 4.78 is 7.07. The molecule has 7 heteroatoms. The maximum Gasteiger partial charge on any atom is 0.331 e. The number of amides is 1. The summed E-state index contributed by atoms with van der Waals surface area (Å²) >= 11 is 0. The number of para-hydroxylation sites is 1. The first-order valence-electron chi connectivity index (χ1n) is 11.2. The fraction of sp³-hybridized carbons (Fsp3) is 0.385. The summed E-state index contributed by atoms with van der Waals surface area (Å²) in [6, 6.07) is 12.5. The summed E-state index contributed by atoms with van der Waals surface area (Å²) in [6.45, 7) is 7.98. The highest BCUT2D eigenvalue weighted by atomic mass is 16.5. The van der Waals surface area contributed by atoms with Crippen molar-refractivity contribution in [1.29, 1.82) is 0 Å². The Bertz CT molecular complexity index is 1150. The van der Waals surface area contributed by atoms with Crippen LogP contribution in [-0.4, -0.2) is 45.9 Å². The molecule has 176 valence electrons. The van der Waals surface area contributed by atoms with Crippen molar-refractivity contribution in [3.63, 3.8) is 0 Å². The van der Waals surface area contributed by atoms with Crippen LogP contribution >= 0.6 is 0 Å². The smallest absolute Gasteiger partial charge is 0.331 e. The first kappa shape index (κ1) is 24.3. The Kier molecular flexibility index (Phi) is 7.76. The van der Waals surface area contributed by atoms with Gasteiger partial charge in [0.15, 0.2) is 6.04 Å². The van der Waals surface area contributed by atoms with Crippen molar-refractivity contribution in [2.75, 3.05) is 13.2 Å². The molecule has 2 aromatic carbocycles. The summed E-state index contributed by atoms with van der Waals surface area (Å²) in [6.07, 6.45) is 0.0715. The second kappa shape index (κ2) is 10.5. The van der Waals surface area contributed by atoms with E-state index in [1.165, 1.54) is 0 Å². The minimum Gasteiger partial charge on any atom is -0.508 e. The maximum absolute atomic E-state index is 12.7. The number of nitrogens with one attached hydrogen (secondary N) is 1. The highest BCUT2D eigenvalue weighted by Gasteiger charge is 2.23. The molecule has 0 aliphatic carbocycles. The molecule has 0 saturated carbocycles. The summed E-state index contributed by atoms with van der Waals surface area (Å²) in [5.74, 6) is -0.522. The van der Waals surface area contributed by atoms with Gasteiger partial charge in [0.25, 0.3) is 0 Å². The van der Waals surface area contributed by atoms with Crippen LogP contribution in [0.25, 0.3) is 10.9 Å². The van der Waals surface area contributed by atoms with E-state index in [4.69, 9.17) is 4.74 Å². The third-order valence-electron chi connectivity index (χ3n) is 5.84. The van der Waals surface area contributed by atoms with Gasteiger partial charge in [-0.3, -0.25) is 4.79 Å². The summed E-state index contributed by atoms with van der Waals surface area (Å²) in [4.78, 5) is 24.7. The number of aromatic hydroxyl groups is 1. The normalized spacial score (nSPS) is 12.2. The molecular formula is C26H32N2O5. The van der Waals surface area contributed by atoms with Gasteiger partial charge in [0, 0.05) is 23.1 Å². The molecule has 1 heterocycles. The summed E-state index contributed by atoms with van der Waals surface area (Å²) in [5.41, 5.74) is 4.77. The first-order valence-corrected chi connectivity index (χ1v) is 11.2. The number of phenols is 1. The number of nitrogens with zero attached hydrogens (tertiary/aromatic N) is 1. The maximum atomic E-state index is 12.7. The molecule has 1 amide bonds. The Labute approximate surface area is 194 Å². The van der Waals surface area contributed by atoms with E-state index in [1.54, 1.807) is 13.0 Å².